The summed E-state index contributed by atoms with van der Waals surface area (Å²) in [7, 11) is -1.42. The Kier molecular flexibility index (Phi) is 7.04. The van der Waals surface area contributed by atoms with E-state index in [1.54, 1.807) is 0 Å². The van der Waals surface area contributed by atoms with Crippen LogP contribution in [-0.2, 0) is 0 Å². The molecular formula is C32H30BBr2NSi. The highest BCUT2D eigenvalue weighted by atomic mass is 79.9. The van der Waals surface area contributed by atoms with Crippen molar-refractivity contribution in [2.75, 3.05) is 4.90 Å². The van der Waals surface area contributed by atoms with Gasteiger partial charge in [-0.1, -0.05) is 104 Å². The van der Waals surface area contributed by atoms with Gasteiger partial charge in [0.1, 0.15) is 8.07 Å². The standard InChI is InChI=1S/C32H30BBr2NSi/c1-21-17-22(2)32(23(3)18-21)33-28-19-25(34)9-13-30(28)36(31-14-10-26(35)20-29(31)33)27-11-7-24(8-12-27)15-16-37(4,5)6/h7-14,17-20H,1-6H3. The molecule has 0 spiro atoms. The molecule has 0 fully saturated rings. The van der Waals surface area contributed by atoms with Crippen molar-refractivity contribution in [3.05, 3.63) is 104 Å². The Balaban J connectivity index is 1.73. The number of hydrogen-bond donors (Lipinski definition) is 0. The van der Waals surface area contributed by atoms with Gasteiger partial charge in [0.05, 0.1) is 0 Å². The van der Waals surface area contributed by atoms with E-state index in [1.807, 2.05) is 0 Å². The van der Waals surface area contributed by atoms with Gasteiger partial charge in [0.15, 0.2) is 0 Å². The fraction of sp³-hybridized carbons (Fsp3) is 0.188. The van der Waals surface area contributed by atoms with Gasteiger partial charge in [-0.05, 0) is 80.2 Å². The molecule has 0 radical (unpaired) electrons. The largest absolute Gasteiger partial charge is 0.312 e. The normalized spacial score (nSPS) is 12.5. The molecule has 0 aromatic heterocycles. The summed E-state index contributed by atoms with van der Waals surface area (Å²) in [6, 6.07) is 26.7. The number of hydrogen-bond acceptors (Lipinski definition) is 1. The fourth-order valence-corrected chi connectivity index (χ4v) is 6.68. The number of halogens is 2. The van der Waals surface area contributed by atoms with Crippen molar-refractivity contribution in [1.29, 1.82) is 0 Å². The minimum absolute atomic E-state index is 0.138. The van der Waals surface area contributed by atoms with Crippen LogP contribution in [0.25, 0.3) is 0 Å². The number of rotatable bonds is 2. The van der Waals surface area contributed by atoms with E-state index in [9.17, 15) is 0 Å². The minimum Gasteiger partial charge on any atom is -0.312 e. The van der Waals surface area contributed by atoms with Crippen LogP contribution >= 0.6 is 31.9 Å². The van der Waals surface area contributed by atoms with Crippen molar-refractivity contribution in [1.82, 2.24) is 0 Å². The van der Waals surface area contributed by atoms with E-state index in [2.05, 4.69) is 161 Å². The molecule has 1 aliphatic rings. The summed E-state index contributed by atoms with van der Waals surface area (Å²) in [5.41, 5.74) is 16.1. The fourth-order valence-electron chi connectivity index (χ4n) is 5.41. The van der Waals surface area contributed by atoms with Gasteiger partial charge in [-0.2, -0.15) is 0 Å². The zero-order valence-electron chi connectivity index (χ0n) is 22.2. The van der Waals surface area contributed by atoms with Gasteiger partial charge < -0.3 is 4.90 Å². The van der Waals surface area contributed by atoms with Gasteiger partial charge >= 0.3 is 0 Å². The lowest BCUT2D eigenvalue weighted by Crippen LogP contribution is -2.58. The second-order valence-corrected chi connectivity index (χ2v) is 17.6. The molecular weight excluding hydrogens is 597 g/mol. The zero-order chi connectivity index (χ0) is 26.5. The first-order valence-corrected chi connectivity index (χ1v) is 17.7. The Morgan fingerprint density at radius 1 is 0.703 bits per heavy atom. The van der Waals surface area contributed by atoms with Crippen LogP contribution in [0.15, 0.2) is 81.7 Å². The van der Waals surface area contributed by atoms with Gasteiger partial charge in [-0.15, -0.1) is 5.54 Å². The van der Waals surface area contributed by atoms with Crippen molar-refractivity contribution in [3.63, 3.8) is 0 Å². The molecule has 1 nitrogen and oxygen atoms in total. The van der Waals surface area contributed by atoms with Crippen molar-refractivity contribution in [3.8, 4) is 11.5 Å². The van der Waals surface area contributed by atoms with Gasteiger partial charge in [0.25, 0.3) is 0 Å². The maximum atomic E-state index is 3.77. The van der Waals surface area contributed by atoms with Crippen molar-refractivity contribution >= 4 is 80.1 Å². The number of fused-ring (bicyclic) bond motifs is 2. The topological polar surface area (TPSA) is 3.24 Å². The first-order chi connectivity index (χ1) is 17.5. The summed E-state index contributed by atoms with van der Waals surface area (Å²) in [6.45, 7) is 13.6. The Morgan fingerprint density at radius 2 is 1.22 bits per heavy atom. The molecule has 0 amide bonds. The van der Waals surface area contributed by atoms with Gasteiger partial charge in [-0.25, -0.2) is 0 Å². The number of benzene rings is 4. The van der Waals surface area contributed by atoms with E-state index < -0.39 is 8.07 Å². The van der Waals surface area contributed by atoms with E-state index in [-0.39, 0.29) is 6.71 Å². The van der Waals surface area contributed by atoms with Crippen molar-refractivity contribution in [2.45, 2.75) is 40.4 Å². The lowest BCUT2D eigenvalue weighted by atomic mass is 9.34. The molecule has 5 heteroatoms. The summed E-state index contributed by atoms with van der Waals surface area (Å²) in [5, 5.41) is 0. The summed E-state index contributed by atoms with van der Waals surface area (Å²) in [4.78, 5) is 2.40. The van der Waals surface area contributed by atoms with Gasteiger partial charge in [-0.3, -0.25) is 0 Å². The van der Waals surface area contributed by atoms with Crippen LogP contribution in [0.2, 0.25) is 19.6 Å². The smallest absolute Gasteiger partial charge is 0.247 e. The van der Waals surface area contributed by atoms with E-state index >= 15 is 0 Å². The first kappa shape index (κ1) is 26.1. The molecule has 0 saturated heterocycles. The molecule has 0 N–H and O–H groups in total. The van der Waals surface area contributed by atoms with Crippen molar-refractivity contribution in [2.24, 2.45) is 0 Å². The highest BCUT2D eigenvalue weighted by Crippen LogP contribution is 2.37. The third-order valence-electron chi connectivity index (χ3n) is 6.82. The molecule has 1 aliphatic heterocycles. The average Bonchev–Trinajstić information content (AvgIpc) is 2.82. The quantitative estimate of drug-likeness (QED) is 0.144. The Hall–Kier alpha value is -2.52. The molecule has 37 heavy (non-hydrogen) atoms. The minimum atomic E-state index is -1.42. The molecule has 1 heterocycles. The number of aryl methyl sites for hydroxylation is 3. The maximum Gasteiger partial charge on any atom is 0.247 e. The Labute approximate surface area is 239 Å². The summed E-state index contributed by atoms with van der Waals surface area (Å²) < 4.78 is 2.18. The number of nitrogens with zero attached hydrogens (tertiary/aromatic N) is 1. The number of anilines is 3. The SMILES string of the molecule is Cc1cc(C)c(B2c3cc(Br)ccc3N(c3ccc(C#C[Si](C)(C)C)cc3)c3ccc(Br)cc32)c(C)c1. The zero-order valence-corrected chi connectivity index (χ0v) is 26.4. The van der Waals surface area contributed by atoms with E-state index in [0.717, 1.165) is 20.2 Å². The maximum absolute atomic E-state index is 3.77. The van der Waals surface area contributed by atoms with Gasteiger partial charge in [0.2, 0.25) is 6.71 Å². The molecule has 0 aliphatic carbocycles. The van der Waals surface area contributed by atoms with Crippen LogP contribution in [0.3, 0.4) is 0 Å². The average molecular weight is 627 g/mol. The van der Waals surface area contributed by atoms with E-state index in [4.69, 9.17) is 0 Å². The van der Waals surface area contributed by atoms with Crippen molar-refractivity contribution < 1.29 is 0 Å². The van der Waals surface area contributed by atoms with E-state index in [1.165, 1.54) is 44.5 Å². The third-order valence-corrected chi connectivity index (χ3v) is 8.68. The molecule has 0 atom stereocenters. The summed E-state index contributed by atoms with van der Waals surface area (Å²) in [6.07, 6.45) is 0. The first-order valence-electron chi connectivity index (χ1n) is 12.6. The van der Waals surface area contributed by atoms with Crippen LogP contribution in [0, 0.1) is 32.2 Å². The predicted octanol–water partition coefficient (Wildman–Crippen LogP) is 7.67. The molecule has 0 saturated carbocycles. The Bertz CT molecular complexity index is 1500. The van der Waals surface area contributed by atoms with Crippen LogP contribution in [0.5, 0.6) is 0 Å². The van der Waals surface area contributed by atoms with Crippen LogP contribution < -0.4 is 21.3 Å². The summed E-state index contributed by atoms with van der Waals surface area (Å²) >= 11 is 7.55. The summed E-state index contributed by atoms with van der Waals surface area (Å²) in [5.74, 6) is 3.39. The molecule has 4 aromatic rings. The highest BCUT2D eigenvalue weighted by molar-refractivity contribution is 9.10. The van der Waals surface area contributed by atoms with Crippen LogP contribution in [0.4, 0.5) is 17.1 Å². The Morgan fingerprint density at radius 3 is 1.70 bits per heavy atom. The monoisotopic (exact) mass is 625 g/mol. The highest BCUT2D eigenvalue weighted by Gasteiger charge is 2.37. The molecule has 4 aromatic carbocycles. The van der Waals surface area contributed by atoms with Gasteiger partial charge in [0, 0.05) is 31.6 Å². The molecule has 0 unspecified atom stereocenters. The second-order valence-electron chi connectivity index (χ2n) is 11.0. The lowest BCUT2D eigenvalue weighted by molar-refractivity contribution is 1.28. The van der Waals surface area contributed by atoms with Crippen LogP contribution in [-0.4, -0.2) is 14.8 Å². The van der Waals surface area contributed by atoms with Crippen LogP contribution in [0.1, 0.15) is 22.3 Å². The predicted molar refractivity (Wildman–Crippen MR) is 172 cm³/mol. The molecule has 184 valence electrons. The third kappa shape index (κ3) is 5.25. The second kappa shape index (κ2) is 9.98. The molecule has 0 bridgehead atoms. The molecule has 5 rings (SSSR count). The lowest BCUT2D eigenvalue weighted by Gasteiger charge is -2.38. The van der Waals surface area contributed by atoms with E-state index in [0.29, 0.717) is 0 Å².